The Balaban J connectivity index is 1.32. The fraction of sp³-hybridized carbons (Fsp3) is 0.292. The van der Waals surface area contributed by atoms with Gasteiger partial charge in [-0.25, -0.2) is 0 Å². The lowest BCUT2D eigenvalue weighted by Crippen LogP contribution is -2.46. The first-order valence-corrected chi connectivity index (χ1v) is 11.3. The van der Waals surface area contributed by atoms with E-state index in [1.54, 1.807) is 11.0 Å². The molecule has 0 unspecified atom stereocenters. The Kier molecular flexibility index (Phi) is 7.24. The van der Waals surface area contributed by atoms with Crippen LogP contribution in [0.4, 0.5) is 4.79 Å². The molecule has 166 valence electrons. The third kappa shape index (κ3) is 5.57. The van der Waals surface area contributed by atoms with Gasteiger partial charge in [-0.05, 0) is 41.1 Å². The minimum Gasteiger partial charge on any atom is -0.493 e. The SMILES string of the molecule is O=C(CN1C(=O)S/C(=C/c2ccc(OCCc3ccccc3)cc2)C1=O)N1CCOCC1. The van der Waals surface area contributed by atoms with E-state index in [4.69, 9.17) is 9.47 Å². The van der Waals surface area contributed by atoms with Crippen molar-refractivity contribution in [3.63, 3.8) is 0 Å². The normalized spacial score (nSPS) is 17.8. The lowest BCUT2D eigenvalue weighted by molar-refractivity contribution is -0.139. The summed E-state index contributed by atoms with van der Waals surface area (Å²) in [6.07, 6.45) is 2.48. The van der Waals surface area contributed by atoms with E-state index in [2.05, 4.69) is 12.1 Å². The molecule has 2 aromatic rings. The average Bonchev–Trinajstić information content (AvgIpc) is 3.08. The van der Waals surface area contributed by atoms with Gasteiger partial charge in [0.1, 0.15) is 12.3 Å². The van der Waals surface area contributed by atoms with Gasteiger partial charge >= 0.3 is 0 Å². The van der Waals surface area contributed by atoms with Gasteiger partial charge in [0.2, 0.25) is 5.91 Å². The third-order valence-electron chi connectivity index (χ3n) is 5.21. The summed E-state index contributed by atoms with van der Waals surface area (Å²) in [5.74, 6) is 0.0564. The monoisotopic (exact) mass is 452 g/mol. The molecule has 2 fully saturated rings. The summed E-state index contributed by atoms with van der Waals surface area (Å²) in [7, 11) is 0. The molecule has 2 aliphatic heterocycles. The Morgan fingerprint density at radius 3 is 2.47 bits per heavy atom. The molecule has 7 nitrogen and oxygen atoms in total. The van der Waals surface area contributed by atoms with Crippen LogP contribution in [0.1, 0.15) is 11.1 Å². The number of carbonyl (C=O) groups is 3. The van der Waals surface area contributed by atoms with Crippen LogP contribution in [-0.4, -0.2) is 66.3 Å². The van der Waals surface area contributed by atoms with Crippen LogP contribution < -0.4 is 4.74 Å². The van der Waals surface area contributed by atoms with Crippen LogP contribution in [0, 0.1) is 0 Å². The molecule has 2 aliphatic rings. The van der Waals surface area contributed by atoms with Crippen LogP contribution >= 0.6 is 11.8 Å². The van der Waals surface area contributed by atoms with Crippen molar-refractivity contribution in [3.8, 4) is 5.75 Å². The highest BCUT2D eigenvalue weighted by Crippen LogP contribution is 2.32. The first-order chi connectivity index (χ1) is 15.6. The largest absolute Gasteiger partial charge is 0.493 e. The van der Waals surface area contributed by atoms with Gasteiger partial charge in [-0.15, -0.1) is 0 Å². The van der Waals surface area contributed by atoms with E-state index in [9.17, 15) is 14.4 Å². The molecule has 0 radical (unpaired) electrons. The molecule has 0 bridgehead atoms. The molecular weight excluding hydrogens is 428 g/mol. The molecule has 0 aromatic heterocycles. The molecule has 0 spiro atoms. The Labute approximate surface area is 191 Å². The predicted molar refractivity (Wildman–Crippen MR) is 122 cm³/mol. The lowest BCUT2D eigenvalue weighted by atomic mass is 10.2. The minimum atomic E-state index is -0.440. The summed E-state index contributed by atoms with van der Waals surface area (Å²) in [5.41, 5.74) is 2.00. The Morgan fingerprint density at radius 1 is 1.03 bits per heavy atom. The van der Waals surface area contributed by atoms with Crippen LogP contribution in [0.2, 0.25) is 0 Å². The summed E-state index contributed by atoms with van der Waals surface area (Å²) >= 11 is 0.853. The fourth-order valence-corrected chi connectivity index (χ4v) is 4.27. The van der Waals surface area contributed by atoms with Crippen LogP contribution in [0.25, 0.3) is 6.08 Å². The standard InChI is InChI=1S/C24H24N2O5S/c27-22(25-11-14-30-15-12-25)17-26-23(28)21(32-24(26)29)16-19-6-8-20(9-7-19)31-13-10-18-4-2-1-3-5-18/h1-9,16H,10-15,17H2/b21-16+. The number of thioether (sulfide) groups is 1. The number of morpholine rings is 1. The maximum absolute atomic E-state index is 12.7. The molecule has 2 heterocycles. The maximum Gasteiger partial charge on any atom is 0.294 e. The molecule has 2 saturated heterocycles. The first kappa shape index (κ1) is 22.1. The zero-order valence-electron chi connectivity index (χ0n) is 17.6. The molecule has 2 aromatic carbocycles. The molecule has 0 aliphatic carbocycles. The van der Waals surface area contributed by atoms with E-state index in [0.29, 0.717) is 37.8 Å². The number of ether oxygens (including phenoxy) is 2. The van der Waals surface area contributed by atoms with E-state index in [1.165, 1.54) is 5.56 Å². The second-order valence-corrected chi connectivity index (χ2v) is 8.41. The Hall–Kier alpha value is -3.10. The summed E-state index contributed by atoms with van der Waals surface area (Å²) in [6.45, 7) is 2.23. The molecule has 0 saturated carbocycles. The summed E-state index contributed by atoms with van der Waals surface area (Å²) < 4.78 is 11.0. The maximum atomic E-state index is 12.7. The summed E-state index contributed by atoms with van der Waals surface area (Å²) in [5, 5.41) is -0.427. The fourth-order valence-electron chi connectivity index (χ4n) is 3.43. The number of hydrogen-bond acceptors (Lipinski definition) is 6. The molecule has 3 amide bonds. The summed E-state index contributed by atoms with van der Waals surface area (Å²) in [6, 6.07) is 17.5. The highest BCUT2D eigenvalue weighted by molar-refractivity contribution is 8.18. The number of nitrogens with zero attached hydrogens (tertiary/aromatic N) is 2. The van der Waals surface area contributed by atoms with Gasteiger partial charge in [-0.1, -0.05) is 42.5 Å². The topological polar surface area (TPSA) is 76.2 Å². The molecule has 8 heteroatoms. The van der Waals surface area contributed by atoms with Crippen molar-refractivity contribution in [1.82, 2.24) is 9.80 Å². The second-order valence-electron chi connectivity index (χ2n) is 7.41. The number of carbonyl (C=O) groups excluding carboxylic acids is 3. The molecule has 0 N–H and O–H groups in total. The number of hydrogen-bond donors (Lipinski definition) is 0. The van der Waals surface area contributed by atoms with Gasteiger partial charge < -0.3 is 14.4 Å². The minimum absolute atomic E-state index is 0.240. The molecular formula is C24H24N2O5S. The Bertz CT molecular complexity index is 1000. The highest BCUT2D eigenvalue weighted by Gasteiger charge is 2.37. The van der Waals surface area contributed by atoms with Crippen LogP contribution in [0.5, 0.6) is 5.75 Å². The van der Waals surface area contributed by atoms with Gasteiger partial charge in [-0.3, -0.25) is 19.3 Å². The number of imide groups is 1. The van der Waals surface area contributed by atoms with Gasteiger partial charge in [-0.2, -0.15) is 0 Å². The van der Waals surface area contributed by atoms with E-state index >= 15 is 0 Å². The highest BCUT2D eigenvalue weighted by atomic mass is 32.2. The number of benzene rings is 2. The Morgan fingerprint density at radius 2 is 1.75 bits per heavy atom. The predicted octanol–water partition coefficient (Wildman–Crippen LogP) is 3.20. The van der Waals surface area contributed by atoms with Gasteiger partial charge in [0.05, 0.1) is 24.7 Å². The molecule has 4 rings (SSSR count). The van der Waals surface area contributed by atoms with Crippen molar-refractivity contribution in [2.24, 2.45) is 0 Å². The van der Waals surface area contributed by atoms with Gasteiger partial charge in [0.25, 0.3) is 11.1 Å². The van der Waals surface area contributed by atoms with E-state index < -0.39 is 11.1 Å². The van der Waals surface area contributed by atoms with Gasteiger partial charge in [0.15, 0.2) is 0 Å². The quantitative estimate of drug-likeness (QED) is 0.601. The van der Waals surface area contributed by atoms with E-state index in [-0.39, 0.29) is 12.5 Å². The molecule has 32 heavy (non-hydrogen) atoms. The zero-order valence-corrected chi connectivity index (χ0v) is 18.4. The molecule has 0 atom stereocenters. The number of rotatable bonds is 7. The average molecular weight is 453 g/mol. The van der Waals surface area contributed by atoms with Crippen molar-refractivity contribution in [2.75, 3.05) is 39.5 Å². The zero-order chi connectivity index (χ0) is 22.3. The van der Waals surface area contributed by atoms with Crippen molar-refractivity contribution >= 4 is 34.9 Å². The summed E-state index contributed by atoms with van der Waals surface area (Å²) in [4.78, 5) is 40.3. The van der Waals surface area contributed by atoms with Gasteiger partial charge in [0, 0.05) is 19.5 Å². The number of amides is 3. The van der Waals surface area contributed by atoms with E-state index in [0.717, 1.165) is 34.4 Å². The van der Waals surface area contributed by atoms with Crippen LogP contribution in [0.3, 0.4) is 0 Å². The van der Waals surface area contributed by atoms with Crippen LogP contribution in [0.15, 0.2) is 59.5 Å². The smallest absolute Gasteiger partial charge is 0.294 e. The van der Waals surface area contributed by atoms with Crippen molar-refractivity contribution in [2.45, 2.75) is 6.42 Å². The van der Waals surface area contributed by atoms with Crippen LogP contribution in [-0.2, 0) is 20.7 Å². The lowest BCUT2D eigenvalue weighted by Gasteiger charge is -2.28. The first-order valence-electron chi connectivity index (χ1n) is 10.5. The van der Waals surface area contributed by atoms with Crippen molar-refractivity contribution < 1.29 is 23.9 Å². The third-order valence-corrected chi connectivity index (χ3v) is 6.12. The van der Waals surface area contributed by atoms with Crippen molar-refractivity contribution in [1.29, 1.82) is 0 Å². The second kappa shape index (κ2) is 10.5. The van der Waals surface area contributed by atoms with Crippen molar-refractivity contribution in [3.05, 3.63) is 70.6 Å². The van der Waals surface area contributed by atoms with E-state index in [1.807, 2.05) is 42.5 Å².